The first-order valence-electron chi connectivity index (χ1n) is 7.30. The van der Waals surface area contributed by atoms with Crippen LogP contribution in [0.5, 0.6) is 0 Å². The highest BCUT2D eigenvalue weighted by atomic mass is 32.2. The number of thioether (sulfide) groups is 1. The summed E-state index contributed by atoms with van der Waals surface area (Å²) < 4.78 is 37.9. The fourth-order valence-corrected chi connectivity index (χ4v) is 2.73. The summed E-state index contributed by atoms with van der Waals surface area (Å²) in [5, 5.41) is 4.08. The summed E-state index contributed by atoms with van der Waals surface area (Å²) in [7, 11) is 0. The lowest BCUT2D eigenvalue weighted by Crippen LogP contribution is -2.43. The zero-order valence-electron chi connectivity index (χ0n) is 14.0. The minimum atomic E-state index is -4.52. The number of amides is 3. The van der Waals surface area contributed by atoms with Crippen LogP contribution < -0.4 is 10.6 Å². The minimum Gasteiger partial charge on any atom is -0.329 e. The molecule has 6 nitrogen and oxygen atoms in total. The van der Waals surface area contributed by atoms with Gasteiger partial charge in [0.05, 0.1) is 11.4 Å². The lowest BCUT2D eigenvalue weighted by molar-refractivity contribution is -0.124. The smallest absolute Gasteiger partial charge is 0.329 e. The monoisotopic (exact) mass is 366 g/mol. The highest BCUT2D eigenvalue weighted by Gasteiger charge is 2.28. The lowest BCUT2D eigenvalue weighted by Gasteiger charge is -2.12. The van der Waals surface area contributed by atoms with Crippen LogP contribution in [0.4, 0.5) is 18.0 Å². The van der Waals surface area contributed by atoms with Gasteiger partial charge in [0.25, 0.3) is 0 Å². The topological polar surface area (TPSA) is 76.0 Å². The van der Waals surface area contributed by atoms with E-state index < -0.39 is 24.7 Å². The van der Waals surface area contributed by atoms with Crippen molar-refractivity contribution in [2.75, 3.05) is 12.3 Å². The van der Waals surface area contributed by atoms with Gasteiger partial charge in [0, 0.05) is 12.2 Å². The van der Waals surface area contributed by atoms with Gasteiger partial charge < -0.3 is 9.88 Å². The molecule has 0 unspecified atom stereocenters. The van der Waals surface area contributed by atoms with Crippen molar-refractivity contribution in [2.45, 2.75) is 45.6 Å². The predicted molar refractivity (Wildman–Crippen MR) is 84.9 cm³/mol. The van der Waals surface area contributed by atoms with Gasteiger partial charge in [-0.3, -0.25) is 10.1 Å². The molecule has 0 spiro atoms. The molecule has 0 radical (unpaired) electrons. The summed E-state index contributed by atoms with van der Waals surface area (Å²) in [6.07, 6.45) is -4.52. The Morgan fingerprint density at radius 3 is 2.46 bits per heavy atom. The zero-order valence-corrected chi connectivity index (χ0v) is 14.8. The van der Waals surface area contributed by atoms with Crippen molar-refractivity contribution in [3.8, 4) is 0 Å². The largest absolute Gasteiger partial charge is 0.405 e. The van der Waals surface area contributed by atoms with E-state index in [-0.39, 0.29) is 5.75 Å². The Morgan fingerprint density at radius 2 is 1.92 bits per heavy atom. The molecule has 1 aromatic heterocycles. The molecule has 0 saturated carbocycles. The molecular weight excluding hydrogens is 345 g/mol. The second-order valence-electron chi connectivity index (χ2n) is 5.70. The third kappa shape index (κ3) is 6.81. The number of urea groups is 1. The maximum atomic E-state index is 12.0. The maximum absolute atomic E-state index is 12.0. The standard InChI is InChI=1S/C14H21F3N4O2S/c1-8(2)5-21-10(4)9(3)19-13(21)24-6-11(22)20-12(23)18-7-14(15,16)17/h8H,5-7H2,1-4H3,(H2,18,20,22,23). The number of imidazole rings is 1. The number of carbonyl (C=O) groups is 2. The number of imide groups is 1. The number of rotatable bonds is 6. The molecule has 136 valence electrons. The summed E-state index contributed by atoms with van der Waals surface area (Å²) in [5.74, 6) is -0.416. The molecule has 24 heavy (non-hydrogen) atoms. The lowest BCUT2D eigenvalue weighted by atomic mass is 10.2. The number of carbonyl (C=O) groups excluding carboxylic acids is 2. The van der Waals surface area contributed by atoms with Crippen molar-refractivity contribution in [3.63, 3.8) is 0 Å². The average molecular weight is 366 g/mol. The second kappa shape index (κ2) is 8.41. The first-order valence-corrected chi connectivity index (χ1v) is 8.29. The first kappa shape index (κ1) is 20.3. The molecule has 3 amide bonds. The Hall–Kier alpha value is -1.71. The Balaban J connectivity index is 2.55. The molecule has 1 heterocycles. The van der Waals surface area contributed by atoms with Crippen molar-refractivity contribution in [1.82, 2.24) is 20.2 Å². The third-order valence-electron chi connectivity index (χ3n) is 3.01. The number of nitrogens with zero attached hydrogens (tertiary/aromatic N) is 2. The Morgan fingerprint density at radius 1 is 1.29 bits per heavy atom. The van der Waals surface area contributed by atoms with E-state index in [1.807, 2.05) is 23.7 Å². The number of nitrogens with one attached hydrogen (secondary N) is 2. The van der Waals surface area contributed by atoms with Crippen LogP contribution in [0.15, 0.2) is 5.16 Å². The van der Waals surface area contributed by atoms with Gasteiger partial charge in [-0.1, -0.05) is 25.6 Å². The van der Waals surface area contributed by atoms with E-state index in [0.29, 0.717) is 11.1 Å². The van der Waals surface area contributed by atoms with Crippen molar-refractivity contribution in [2.24, 2.45) is 5.92 Å². The fourth-order valence-electron chi connectivity index (χ4n) is 1.83. The van der Waals surface area contributed by atoms with Crippen LogP contribution >= 0.6 is 11.8 Å². The van der Waals surface area contributed by atoms with Gasteiger partial charge in [-0.2, -0.15) is 13.2 Å². The number of hydrogen-bond donors (Lipinski definition) is 2. The van der Waals surface area contributed by atoms with Gasteiger partial charge in [-0.05, 0) is 19.8 Å². The predicted octanol–water partition coefficient (Wildman–Crippen LogP) is 2.64. The number of hydrogen-bond acceptors (Lipinski definition) is 4. The van der Waals surface area contributed by atoms with E-state index in [4.69, 9.17) is 0 Å². The van der Waals surface area contributed by atoms with Crippen LogP contribution in [0, 0.1) is 19.8 Å². The van der Waals surface area contributed by atoms with Crippen LogP contribution in [0.1, 0.15) is 25.2 Å². The van der Waals surface area contributed by atoms with Gasteiger partial charge in [0.2, 0.25) is 5.91 Å². The molecule has 0 atom stereocenters. The molecule has 0 aliphatic rings. The highest BCUT2D eigenvalue weighted by Crippen LogP contribution is 2.22. The number of aromatic nitrogens is 2. The molecule has 10 heteroatoms. The molecule has 0 saturated heterocycles. The number of halogens is 3. The molecule has 0 bridgehead atoms. The minimum absolute atomic E-state index is 0.118. The molecule has 0 aliphatic heterocycles. The summed E-state index contributed by atoms with van der Waals surface area (Å²) in [6.45, 7) is 7.15. The van der Waals surface area contributed by atoms with Gasteiger partial charge in [-0.15, -0.1) is 0 Å². The molecular formula is C14H21F3N4O2S. The Kier molecular flexibility index (Phi) is 7.12. The van der Waals surface area contributed by atoms with E-state index >= 15 is 0 Å². The van der Waals surface area contributed by atoms with Crippen molar-refractivity contribution < 1.29 is 22.8 Å². The van der Waals surface area contributed by atoms with E-state index in [1.165, 1.54) is 0 Å². The quantitative estimate of drug-likeness (QED) is 0.759. The molecule has 2 N–H and O–H groups in total. The van der Waals surface area contributed by atoms with Crippen molar-refractivity contribution in [1.29, 1.82) is 0 Å². The van der Waals surface area contributed by atoms with E-state index in [0.717, 1.165) is 29.7 Å². The van der Waals surface area contributed by atoms with Crippen LogP contribution in [-0.2, 0) is 11.3 Å². The van der Waals surface area contributed by atoms with E-state index in [9.17, 15) is 22.8 Å². The molecule has 0 aliphatic carbocycles. The van der Waals surface area contributed by atoms with Gasteiger partial charge in [0.1, 0.15) is 6.54 Å². The van der Waals surface area contributed by atoms with Crippen LogP contribution in [0.2, 0.25) is 0 Å². The van der Waals surface area contributed by atoms with Crippen LogP contribution in [0.3, 0.4) is 0 Å². The van der Waals surface area contributed by atoms with Crippen molar-refractivity contribution in [3.05, 3.63) is 11.4 Å². The first-order chi connectivity index (χ1) is 11.0. The average Bonchev–Trinajstić information content (AvgIpc) is 2.69. The van der Waals surface area contributed by atoms with Gasteiger partial charge >= 0.3 is 12.2 Å². The highest BCUT2D eigenvalue weighted by molar-refractivity contribution is 7.99. The van der Waals surface area contributed by atoms with Gasteiger partial charge in [0.15, 0.2) is 5.16 Å². The summed E-state index contributed by atoms with van der Waals surface area (Å²) >= 11 is 1.14. The normalized spacial score (nSPS) is 11.7. The van der Waals surface area contributed by atoms with E-state index in [1.54, 1.807) is 5.32 Å². The summed E-state index contributed by atoms with van der Waals surface area (Å²) in [4.78, 5) is 27.3. The zero-order chi connectivity index (χ0) is 18.5. The number of aryl methyl sites for hydroxylation is 1. The molecule has 1 rings (SSSR count). The SMILES string of the molecule is Cc1nc(SCC(=O)NC(=O)NCC(F)(F)F)n(CC(C)C)c1C. The Bertz CT molecular complexity index is 600. The van der Waals surface area contributed by atoms with Crippen LogP contribution in [0.25, 0.3) is 0 Å². The maximum Gasteiger partial charge on any atom is 0.405 e. The number of alkyl halides is 3. The summed E-state index contributed by atoms with van der Waals surface area (Å²) in [6, 6.07) is -1.17. The second-order valence-corrected chi connectivity index (χ2v) is 6.65. The summed E-state index contributed by atoms with van der Waals surface area (Å²) in [5.41, 5.74) is 1.84. The Labute approximate surface area is 142 Å². The molecule has 1 aromatic rings. The van der Waals surface area contributed by atoms with Crippen LogP contribution in [-0.4, -0.2) is 40.0 Å². The van der Waals surface area contributed by atoms with Gasteiger partial charge in [-0.25, -0.2) is 9.78 Å². The molecule has 0 fully saturated rings. The molecule has 0 aromatic carbocycles. The van der Waals surface area contributed by atoms with E-state index in [2.05, 4.69) is 18.8 Å². The van der Waals surface area contributed by atoms with Crippen molar-refractivity contribution >= 4 is 23.7 Å². The fraction of sp³-hybridized carbons (Fsp3) is 0.643. The third-order valence-corrected chi connectivity index (χ3v) is 3.98.